The standard InChI is InChI=1S/C26H49NO2/c1-4-7-9-11-13-15-17-19-21-23-26(6-3,29-25(27)28)24-22-20-18-16-14-12-10-8-5-2/h3H,4-5,7-24H2,1-2H3,(H2,27,28). The van der Waals surface area contributed by atoms with Crippen molar-refractivity contribution < 1.29 is 9.53 Å². The molecule has 0 rings (SSSR count). The van der Waals surface area contributed by atoms with Gasteiger partial charge in [-0.25, -0.2) is 4.79 Å². The Bertz CT molecular complexity index is 391. The van der Waals surface area contributed by atoms with Crippen LogP contribution in [0.2, 0.25) is 0 Å². The molecule has 0 aliphatic rings. The lowest BCUT2D eigenvalue weighted by Crippen LogP contribution is -2.36. The molecule has 0 aliphatic heterocycles. The number of carbonyl (C=O) groups is 1. The summed E-state index contributed by atoms with van der Waals surface area (Å²) in [6.45, 7) is 4.50. The molecule has 170 valence electrons. The van der Waals surface area contributed by atoms with Gasteiger partial charge in [0.1, 0.15) is 0 Å². The molecule has 29 heavy (non-hydrogen) atoms. The molecule has 0 atom stereocenters. The van der Waals surface area contributed by atoms with E-state index in [-0.39, 0.29) is 0 Å². The highest BCUT2D eigenvalue weighted by molar-refractivity contribution is 5.65. The van der Waals surface area contributed by atoms with Gasteiger partial charge in [-0.2, -0.15) is 0 Å². The first-order chi connectivity index (χ1) is 14.1. The first-order valence-electron chi connectivity index (χ1n) is 12.6. The zero-order valence-electron chi connectivity index (χ0n) is 19.6. The third-order valence-electron chi connectivity index (χ3n) is 5.93. The maximum atomic E-state index is 11.4. The van der Waals surface area contributed by atoms with E-state index in [0.717, 1.165) is 38.5 Å². The lowest BCUT2D eigenvalue weighted by molar-refractivity contribution is 0.0441. The number of hydrogen-bond donors (Lipinski definition) is 1. The number of amides is 1. The van der Waals surface area contributed by atoms with E-state index in [9.17, 15) is 4.79 Å². The molecule has 0 bridgehead atoms. The zero-order valence-corrected chi connectivity index (χ0v) is 19.6. The molecule has 0 saturated heterocycles. The highest BCUT2D eigenvalue weighted by Gasteiger charge is 2.30. The Morgan fingerprint density at radius 2 is 1.00 bits per heavy atom. The van der Waals surface area contributed by atoms with E-state index in [1.807, 2.05) is 0 Å². The molecular weight excluding hydrogens is 358 g/mol. The summed E-state index contributed by atoms with van der Waals surface area (Å²) in [5, 5.41) is 0. The molecule has 0 saturated carbocycles. The van der Waals surface area contributed by atoms with Gasteiger partial charge in [-0.3, -0.25) is 0 Å². The first-order valence-corrected chi connectivity index (χ1v) is 12.6. The van der Waals surface area contributed by atoms with Crippen LogP contribution in [-0.4, -0.2) is 11.7 Å². The van der Waals surface area contributed by atoms with Crippen molar-refractivity contribution in [3.63, 3.8) is 0 Å². The number of primary amides is 1. The minimum atomic E-state index is -0.798. The Labute approximate surface area is 181 Å². The van der Waals surface area contributed by atoms with Crippen molar-refractivity contribution >= 4 is 6.09 Å². The van der Waals surface area contributed by atoms with E-state index in [4.69, 9.17) is 16.9 Å². The maximum absolute atomic E-state index is 11.4. The second-order valence-corrected chi connectivity index (χ2v) is 8.72. The van der Waals surface area contributed by atoms with Gasteiger partial charge < -0.3 is 10.5 Å². The van der Waals surface area contributed by atoms with Crippen LogP contribution >= 0.6 is 0 Å². The van der Waals surface area contributed by atoms with Gasteiger partial charge in [0.25, 0.3) is 0 Å². The van der Waals surface area contributed by atoms with Gasteiger partial charge in [0.2, 0.25) is 0 Å². The van der Waals surface area contributed by atoms with Crippen molar-refractivity contribution in [2.24, 2.45) is 5.73 Å². The average Bonchev–Trinajstić information content (AvgIpc) is 2.70. The number of unbranched alkanes of at least 4 members (excludes halogenated alkanes) is 16. The summed E-state index contributed by atoms with van der Waals surface area (Å²) in [6.07, 6.45) is 29.3. The predicted molar refractivity (Wildman–Crippen MR) is 126 cm³/mol. The van der Waals surface area contributed by atoms with E-state index in [1.165, 1.54) is 89.9 Å². The fourth-order valence-electron chi connectivity index (χ4n) is 4.04. The molecule has 0 heterocycles. The number of terminal acetylenes is 1. The number of rotatable bonds is 21. The van der Waals surface area contributed by atoms with Crippen molar-refractivity contribution in [1.82, 2.24) is 0 Å². The predicted octanol–water partition coefficient (Wildman–Crippen LogP) is 8.30. The van der Waals surface area contributed by atoms with Crippen LogP contribution in [0.4, 0.5) is 4.79 Å². The van der Waals surface area contributed by atoms with Crippen LogP contribution in [0, 0.1) is 12.3 Å². The molecule has 0 aliphatic carbocycles. The van der Waals surface area contributed by atoms with Crippen molar-refractivity contribution in [3.8, 4) is 12.3 Å². The maximum Gasteiger partial charge on any atom is 0.406 e. The zero-order chi connectivity index (χ0) is 21.6. The van der Waals surface area contributed by atoms with Crippen LogP contribution < -0.4 is 5.73 Å². The molecule has 0 fully saturated rings. The topological polar surface area (TPSA) is 52.3 Å². The lowest BCUT2D eigenvalue weighted by atomic mass is 9.90. The van der Waals surface area contributed by atoms with Crippen LogP contribution in [0.3, 0.4) is 0 Å². The van der Waals surface area contributed by atoms with Crippen LogP contribution in [0.15, 0.2) is 0 Å². The molecule has 3 nitrogen and oxygen atoms in total. The van der Waals surface area contributed by atoms with E-state index in [2.05, 4.69) is 19.8 Å². The lowest BCUT2D eigenvalue weighted by Gasteiger charge is -2.27. The number of ether oxygens (including phenoxy) is 1. The third-order valence-corrected chi connectivity index (χ3v) is 5.93. The monoisotopic (exact) mass is 407 g/mol. The second-order valence-electron chi connectivity index (χ2n) is 8.72. The van der Waals surface area contributed by atoms with Gasteiger partial charge in [-0.15, -0.1) is 6.42 Å². The second kappa shape index (κ2) is 20.1. The minimum absolute atomic E-state index is 0.735. The van der Waals surface area contributed by atoms with Gasteiger partial charge in [-0.05, 0) is 25.7 Å². The molecule has 1 amide bonds. The normalized spacial score (nSPS) is 11.3. The summed E-state index contributed by atoms with van der Waals surface area (Å²) in [5.74, 6) is 2.77. The Morgan fingerprint density at radius 3 is 1.28 bits per heavy atom. The molecule has 0 aromatic rings. The first kappa shape index (κ1) is 27.8. The quantitative estimate of drug-likeness (QED) is 0.154. The largest absolute Gasteiger partial charge is 0.430 e. The summed E-state index contributed by atoms with van der Waals surface area (Å²) < 4.78 is 5.43. The highest BCUT2D eigenvalue weighted by Crippen LogP contribution is 2.27. The van der Waals surface area contributed by atoms with E-state index >= 15 is 0 Å². The summed E-state index contributed by atoms with van der Waals surface area (Å²) in [4.78, 5) is 11.4. The Kier molecular flexibility index (Phi) is 19.3. The molecule has 2 N–H and O–H groups in total. The van der Waals surface area contributed by atoms with Crippen molar-refractivity contribution in [3.05, 3.63) is 0 Å². The van der Waals surface area contributed by atoms with Crippen LogP contribution in [0.1, 0.15) is 142 Å². The van der Waals surface area contributed by atoms with Crippen molar-refractivity contribution in [1.29, 1.82) is 0 Å². The number of carbonyl (C=O) groups excluding carboxylic acids is 1. The molecule has 0 unspecified atom stereocenters. The summed E-state index contributed by atoms with van der Waals surface area (Å²) in [7, 11) is 0. The Balaban J connectivity index is 4.00. The summed E-state index contributed by atoms with van der Waals surface area (Å²) >= 11 is 0. The third kappa shape index (κ3) is 17.4. The smallest absolute Gasteiger partial charge is 0.406 e. The fourth-order valence-corrected chi connectivity index (χ4v) is 4.04. The summed E-state index contributed by atoms with van der Waals surface area (Å²) in [5.41, 5.74) is 4.52. The molecule has 0 aromatic carbocycles. The highest BCUT2D eigenvalue weighted by atomic mass is 16.6. The van der Waals surface area contributed by atoms with E-state index in [1.54, 1.807) is 0 Å². The Morgan fingerprint density at radius 1 is 0.690 bits per heavy atom. The van der Waals surface area contributed by atoms with Crippen LogP contribution in [0.25, 0.3) is 0 Å². The van der Waals surface area contributed by atoms with Gasteiger partial charge >= 0.3 is 6.09 Å². The van der Waals surface area contributed by atoms with E-state index in [0.29, 0.717) is 0 Å². The minimum Gasteiger partial charge on any atom is -0.430 e. The van der Waals surface area contributed by atoms with Crippen LogP contribution in [-0.2, 0) is 4.74 Å². The van der Waals surface area contributed by atoms with Crippen molar-refractivity contribution in [2.45, 2.75) is 148 Å². The molecule has 0 spiro atoms. The Hall–Kier alpha value is -1.17. The number of nitrogens with two attached hydrogens (primary N) is 1. The SMILES string of the molecule is C#CC(CCCCCCCCCCC)(CCCCCCCCCCC)OC(N)=O. The van der Waals surface area contributed by atoms with Gasteiger partial charge in [0.05, 0.1) is 0 Å². The van der Waals surface area contributed by atoms with Crippen molar-refractivity contribution in [2.75, 3.05) is 0 Å². The summed E-state index contributed by atoms with van der Waals surface area (Å²) in [6, 6.07) is 0. The average molecular weight is 408 g/mol. The van der Waals surface area contributed by atoms with E-state index < -0.39 is 11.7 Å². The molecule has 3 heteroatoms. The molecular formula is C26H49NO2. The number of hydrogen-bond acceptors (Lipinski definition) is 2. The van der Waals surface area contributed by atoms with Crippen LogP contribution in [0.5, 0.6) is 0 Å². The van der Waals surface area contributed by atoms with Gasteiger partial charge in [-0.1, -0.05) is 123 Å². The molecule has 0 radical (unpaired) electrons. The fraction of sp³-hybridized carbons (Fsp3) is 0.885. The molecule has 0 aromatic heterocycles. The van der Waals surface area contributed by atoms with Gasteiger partial charge in [0, 0.05) is 0 Å². The van der Waals surface area contributed by atoms with Gasteiger partial charge in [0.15, 0.2) is 5.60 Å².